The number of carbonyl (C=O) groups excluding carboxylic acids is 1. The number of nitrogens with zero attached hydrogens (tertiary/aromatic N) is 4. The van der Waals surface area contributed by atoms with Crippen molar-refractivity contribution in [3.05, 3.63) is 78.4 Å². The van der Waals surface area contributed by atoms with Gasteiger partial charge < -0.3 is 25.4 Å². The molecule has 4 aromatic rings. The number of piperidine rings is 1. The Kier molecular flexibility index (Phi) is 8.79. The number of anilines is 2. The maximum Gasteiger partial charge on any atom is 0.325 e. The summed E-state index contributed by atoms with van der Waals surface area (Å²) in [6.45, 7) is 3.86. The molecule has 2 aromatic heterocycles. The van der Waals surface area contributed by atoms with E-state index >= 15 is 0 Å². The van der Waals surface area contributed by atoms with E-state index in [0.717, 1.165) is 65.6 Å². The van der Waals surface area contributed by atoms with Crippen molar-refractivity contribution >= 4 is 40.6 Å². The summed E-state index contributed by atoms with van der Waals surface area (Å²) < 4.78 is 18.4. The summed E-state index contributed by atoms with van der Waals surface area (Å²) in [5.41, 5.74) is 3.93. The number of para-hydroxylation sites is 2. The van der Waals surface area contributed by atoms with Crippen LogP contribution in [0, 0.1) is 5.82 Å². The van der Waals surface area contributed by atoms with Crippen molar-refractivity contribution in [2.24, 2.45) is 0 Å². The van der Waals surface area contributed by atoms with Gasteiger partial charge in [-0.05, 0) is 60.7 Å². The lowest BCUT2D eigenvalue weighted by atomic mass is 10.1. The standard InChI is InChI=1S/C28H33FN8OS/c1-30-24-10-13-31-18-26(24)39-35-28(38)32-14-17-36-15-11-22(12-16-36)33-27-34-23-4-2-3-5-25(23)37(27)19-20-6-8-21(29)9-7-20/h2-10,13,18,22H,11-12,14-17,19H2,1H3,(H,30,31)(H,33,34)(H2,32,35,38). The van der Waals surface area contributed by atoms with E-state index < -0.39 is 0 Å². The molecule has 9 nitrogen and oxygen atoms in total. The van der Waals surface area contributed by atoms with Gasteiger partial charge in [-0.3, -0.25) is 9.71 Å². The number of amides is 2. The summed E-state index contributed by atoms with van der Waals surface area (Å²) in [6.07, 6.45) is 5.39. The largest absolute Gasteiger partial charge is 0.387 e. The first-order chi connectivity index (χ1) is 19.1. The smallest absolute Gasteiger partial charge is 0.325 e. The third kappa shape index (κ3) is 6.98. The summed E-state index contributed by atoms with van der Waals surface area (Å²) in [4.78, 5) is 24.4. The predicted molar refractivity (Wildman–Crippen MR) is 154 cm³/mol. The molecule has 1 aliphatic rings. The summed E-state index contributed by atoms with van der Waals surface area (Å²) in [5, 5.41) is 9.68. The number of imidazole rings is 1. The molecule has 1 aliphatic heterocycles. The highest BCUT2D eigenvalue weighted by Crippen LogP contribution is 2.24. The normalized spacial score (nSPS) is 14.3. The molecule has 0 saturated carbocycles. The fourth-order valence-corrected chi connectivity index (χ4v) is 5.40. The number of likely N-dealkylation sites (tertiary alicyclic amines) is 1. The van der Waals surface area contributed by atoms with Crippen LogP contribution < -0.4 is 20.7 Å². The lowest BCUT2D eigenvalue weighted by Gasteiger charge is -2.32. The molecule has 39 heavy (non-hydrogen) atoms. The molecule has 4 N–H and O–H groups in total. The maximum absolute atomic E-state index is 13.4. The second-order valence-corrected chi connectivity index (χ2v) is 10.3. The van der Waals surface area contributed by atoms with Crippen LogP contribution in [0.3, 0.4) is 0 Å². The number of carbonyl (C=O) groups is 1. The molecule has 204 valence electrons. The highest BCUT2D eigenvalue weighted by atomic mass is 32.2. The van der Waals surface area contributed by atoms with Gasteiger partial charge in [-0.25, -0.2) is 14.2 Å². The van der Waals surface area contributed by atoms with E-state index in [9.17, 15) is 9.18 Å². The topological polar surface area (TPSA) is 99.1 Å². The van der Waals surface area contributed by atoms with Crippen LogP contribution in [-0.4, -0.2) is 64.7 Å². The highest BCUT2D eigenvalue weighted by molar-refractivity contribution is 7.98. The van der Waals surface area contributed by atoms with Crippen LogP contribution in [-0.2, 0) is 6.54 Å². The quantitative estimate of drug-likeness (QED) is 0.216. The zero-order valence-electron chi connectivity index (χ0n) is 21.9. The molecule has 0 spiro atoms. The number of nitrogens with one attached hydrogen (secondary N) is 4. The van der Waals surface area contributed by atoms with E-state index in [1.807, 2.05) is 43.4 Å². The van der Waals surface area contributed by atoms with E-state index in [0.29, 0.717) is 19.1 Å². The first-order valence-corrected chi connectivity index (χ1v) is 13.9. The summed E-state index contributed by atoms with van der Waals surface area (Å²) in [5.74, 6) is 0.603. The molecule has 0 bridgehead atoms. The predicted octanol–water partition coefficient (Wildman–Crippen LogP) is 4.54. The maximum atomic E-state index is 13.4. The van der Waals surface area contributed by atoms with Gasteiger partial charge in [0.2, 0.25) is 5.95 Å². The number of hydrogen-bond acceptors (Lipinski definition) is 7. The third-order valence-corrected chi connectivity index (χ3v) is 7.68. The molecule has 3 heterocycles. The molecular formula is C28H33FN8OS. The van der Waals surface area contributed by atoms with Gasteiger partial charge in [0.15, 0.2) is 0 Å². The Bertz CT molecular complexity index is 1390. The average molecular weight is 549 g/mol. The first-order valence-electron chi connectivity index (χ1n) is 13.1. The Morgan fingerprint density at radius 1 is 1.10 bits per heavy atom. The number of hydrogen-bond donors (Lipinski definition) is 4. The number of halogens is 1. The van der Waals surface area contributed by atoms with Crippen LogP contribution in [0.15, 0.2) is 71.9 Å². The summed E-state index contributed by atoms with van der Waals surface area (Å²) >= 11 is 1.24. The molecular weight excluding hydrogens is 515 g/mol. The van der Waals surface area contributed by atoms with Crippen LogP contribution in [0.5, 0.6) is 0 Å². The molecule has 1 fully saturated rings. The number of rotatable bonds is 10. The zero-order chi connectivity index (χ0) is 27.0. The molecule has 2 amide bonds. The van der Waals surface area contributed by atoms with E-state index in [1.165, 1.54) is 24.1 Å². The van der Waals surface area contributed by atoms with Crippen molar-refractivity contribution in [2.45, 2.75) is 30.3 Å². The lowest BCUT2D eigenvalue weighted by molar-refractivity contribution is 0.215. The van der Waals surface area contributed by atoms with E-state index in [4.69, 9.17) is 4.98 Å². The van der Waals surface area contributed by atoms with Gasteiger partial charge >= 0.3 is 6.03 Å². The Balaban J connectivity index is 1.09. The van der Waals surface area contributed by atoms with Gasteiger partial charge in [-0.2, -0.15) is 0 Å². The molecule has 1 saturated heterocycles. The molecule has 11 heteroatoms. The van der Waals surface area contributed by atoms with Crippen LogP contribution in [0.25, 0.3) is 11.0 Å². The molecule has 0 radical (unpaired) electrons. The Labute approximate surface area is 231 Å². The fourth-order valence-electron chi connectivity index (χ4n) is 4.73. The van der Waals surface area contributed by atoms with E-state index in [-0.39, 0.29) is 11.8 Å². The second kappa shape index (κ2) is 12.8. The Morgan fingerprint density at radius 3 is 2.69 bits per heavy atom. The van der Waals surface area contributed by atoms with Gasteiger partial charge in [0.25, 0.3) is 0 Å². The van der Waals surface area contributed by atoms with Crippen molar-refractivity contribution in [1.82, 2.24) is 29.5 Å². The Morgan fingerprint density at radius 2 is 1.90 bits per heavy atom. The van der Waals surface area contributed by atoms with Crippen molar-refractivity contribution in [3.8, 4) is 0 Å². The van der Waals surface area contributed by atoms with Gasteiger partial charge in [0.1, 0.15) is 5.82 Å². The summed E-state index contributed by atoms with van der Waals surface area (Å²) in [6, 6.07) is 16.7. The highest BCUT2D eigenvalue weighted by Gasteiger charge is 2.21. The van der Waals surface area contributed by atoms with E-state index in [2.05, 4.69) is 41.2 Å². The monoisotopic (exact) mass is 548 g/mol. The summed E-state index contributed by atoms with van der Waals surface area (Å²) in [7, 11) is 1.84. The SMILES string of the molecule is CNc1ccncc1SNC(=O)NCCN1CCC(Nc2nc3ccccc3n2Cc2ccc(F)cc2)CC1. The van der Waals surface area contributed by atoms with Crippen LogP contribution in [0.4, 0.5) is 20.8 Å². The van der Waals surface area contributed by atoms with Gasteiger partial charge in [-0.15, -0.1) is 0 Å². The van der Waals surface area contributed by atoms with Crippen LogP contribution in [0.2, 0.25) is 0 Å². The first kappa shape index (κ1) is 26.8. The molecule has 5 rings (SSSR count). The molecule has 2 aromatic carbocycles. The molecule has 0 atom stereocenters. The zero-order valence-corrected chi connectivity index (χ0v) is 22.7. The fraction of sp³-hybridized carbons (Fsp3) is 0.321. The number of urea groups is 1. The third-order valence-electron chi connectivity index (χ3n) is 6.85. The van der Waals surface area contributed by atoms with Crippen molar-refractivity contribution in [1.29, 1.82) is 0 Å². The Hall–Kier alpha value is -3.83. The van der Waals surface area contributed by atoms with E-state index in [1.54, 1.807) is 12.4 Å². The van der Waals surface area contributed by atoms with Gasteiger partial charge in [-0.1, -0.05) is 24.3 Å². The minimum absolute atomic E-state index is 0.220. The second-order valence-electron chi connectivity index (χ2n) is 9.48. The van der Waals surface area contributed by atoms with Crippen LogP contribution in [0.1, 0.15) is 18.4 Å². The minimum atomic E-state index is -0.234. The van der Waals surface area contributed by atoms with Crippen molar-refractivity contribution < 1.29 is 9.18 Å². The van der Waals surface area contributed by atoms with Gasteiger partial charge in [0, 0.05) is 51.7 Å². The number of aromatic nitrogens is 3. The van der Waals surface area contributed by atoms with Crippen molar-refractivity contribution in [2.75, 3.05) is 43.9 Å². The minimum Gasteiger partial charge on any atom is -0.387 e. The molecule has 0 unspecified atom stereocenters. The number of benzene rings is 2. The molecule has 0 aliphatic carbocycles. The number of fused-ring (bicyclic) bond motifs is 1. The lowest BCUT2D eigenvalue weighted by Crippen LogP contribution is -2.43. The average Bonchev–Trinajstić information content (AvgIpc) is 3.30. The van der Waals surface area contributed by atoms with Crippen molar-refractivity contribution in [3.63, 3.8) is 0 Å². The number of pyridine rings is 1. The van der Waals surface area contributed by atoms with Gasteiger partial charge in [0.05, 0.1) is 28.2 Å². The van der Waals surface area contributed by atoms with Crippen LogP contribution >= 0.6 is 11.9 Å².